The van der Waals surface area contributed by atoms with Crippen molar-refractivity contribution in [1.82, 2.24) is 9.55 Å². The first-order valence-electron chi connectivity index (χ1n) is 7.51. The van der Waals surface area contributed by atoms with E-state index in [2.05, 4.69) is 4.98 Å². The molecule has 1 unspecified atom stereocenters. The Morgan fingerprint density at radius 2 is 1.64 bits per heavy atom. The molecule has 0 aliphatic carbocycles. The van der Waals surface area contributed by atoms with E-state index in [4.69, 9.17) is 4.74 Å². The average molecular weight is 336 g/mol. The van der Waals surface area contributed by atoms with Gasteiger partial charge in [0.25, 0.3) is 5.56 Å². The van der Waals surface area contributed by atoms with Gasteiger partial charge >= 0.3 is 11.7 Å². The Kier molecular flexibility index (Phi) is 3.28. The van der Waals surface area contributed by atoms with Crippen LogP contribution in [-0.4, -0.2) is 20.6 Å². The van der Waals surface area contributed by atoms with E-state index in [1.54, 1.807) is 54.6 Å². The summed E-state index contributed by atoms with van der Waals surface area (Å²) in [4.78, 5) is 38.7. The van der Waals surface area contributed by atoms with Gasteiger partial charge < -0.3 is 9.84 Å². The van der Waals surface area contributed by atoms with E-state index >= 15 is 0 Å². The van der Waals surface area contributed by atoms with Crippen LogP contribution in [0.15, 0.2) is 64.2 Å². The van der Waals surface area contributed by atoms with Crippen molar-refractivity contribution in [3.05, 3.63) is 92.1 Å². The molecule has 25 heavy (non-hydrogen) atoms. The van der Waals surface area contributed by atoms with E-state index in [1.165, 1.54) is 0 Å². The molecule has 1 atom stereocenters. The molecule has 4 rings (SSSR count). The summed E-state index contributed by atoms with van der Waals surface area (Å²) in [5.41, 5.74) is -0.614. The summed E-state index contributed by atoms with van der Waals surface area (Å²) in [6.07, 6.45) is -1.08. The third kappa shape index (κ3) is 2.25. The Hall–Kier alpha value is -3.61. The average Bonchev–Trinajstić information content (AvgIpc) is 2.93. The smallest absolute Gasteiger partial charge is 0.339 e. The molecular weight excluding hydrogens is 324 g/mol. The first kappa shape index (κ1) is 14.9. The first-order chi connectivity index (χ1) is 12.1. The lowest BCUT2D eigenvalue weighted by molar-refractivity contribution is 0.0449. The number of nitrogens with zero attached hydrogens (tertiary/aromatic N) is 1. The molecule has 0 saturated carbocycles. The molecule has 124 valence electrons. The summed E-state index contributed by atoms with van der Waals surface area (Å²) in [6.45, 7) is 0. The van der Waals surface area contributed by atoms with E-state index in [0.717, 1.165) is 4.57 Å². The highest BCUT2D eigenvalue weighted by Crippen LogP contribution is 2.37. The van der Waals surface area contributed by atoms with Crippen molar-refractivity contribution in [2.45, 2.75) is 6.10 Å². The maximum Gasteiger partial charge on any atom is 0.339 e. The number of cyclic esters (lactones) is 1. The molecular formula is C18H12N2O5. The summed E-state index contributed by atoms with van der Waals surface area (Å²) >= 11 is 0. The number of H-pyrrole nitrogens is 1. The molecule has 7 heteroatoms. The number of fused-ring (bicyclic) bond motifs is 1. The fourth-order valence-corrected chi connectivity index (χ4v) is 2.95. The largest absolute Gasteiger partial charge is 0.494 e. The molecule has 2 heterocycles. The van der Waals surface area contributed by atoms with E-state index < -0.39 is 29.2 Å². The van der Waals surface area contributed by atoms with Crippen LogP contribution in [-0.2, 0) is 4.74 Å². The van der Waals surface area contributed by atoms with Crippen molar-refractivity contribution in [3.8, 4) is 11.6 Å². The van der Waals surface area contributed by atoms with Crippen molar-refractivity contribution in [1.29, 1.82) is 0 Å². The Labute approximate surface area is 140 Å². The molecule has 1 aromatic heterocycles. The highest BCUT2D eigenvalue weighted by Gasteiger charge is 2.36. The fraction of sp³-hybridized carbons (Fsp3) is 0.0556. The lowest BCUT2D eigenvalue weighted by Gasteiger charge is -2.15. The quantitative estimate of drug-likeness (QED) is 0.691. The van der Waals surface area contributed by atoms with Gasteiger partial charge in [0.15, 0.2) is 6.10 Å². The number of esters is 1. The Morgan fingerprint density at radius 3 is 2.40 bits per heavy atom. The number of carbonyl (C=O) groups is 1. The van der Waals surface area contributed by atoms with Crippen LogP contribution in [0.1, 0.15) is 27.6 Å². The molecule has 0 fully saturated rings. The van der Waals surface area contributed by atoms with Crippen molar-refractivity contribution < 1.29 is 14.6 Å². The third-order valence-corrected chi connectivity index (χ3v) is 4.09. The van der Waals surface area contributed by atoms with Gasteiger partial charge in [0.1, 0.15) is 5.56 Å². The number of benzene rings is 2. The number of nitrogens with one attached hydrogen (secondary N) is 1. The third-order valence-electron chi connectivity index (χ3n) is 4.09. The van der Waals surface area contributed by atoms with Gasteiger partial charge in [-0.05, 0) is 18.2 Å². The van der Waals surface area contributed by atoms with Crippen LogP contribution in [0, 0.1) is 0 Å². The van der Waals surface area contributed by atoms with E-state index in [9.17, 15) is 19.5 Å². The number of rotatable bonds is 2. The van der Waals surface area contributed by atoms with Crippen molar-refractivity contribution in [3.63, 3.8) is 0 Å². The maximum atomic E-state index is 12.3. The van der Waals surface area contributed by atoms with Crippen molar-refractivity contribution in [2.24, 2.45) is 0 Å². The number of carbonyl (C=O) groups excluding carboxylic acids is 1. The molecule has 0 spiro atoms. The molecule has 2 aromatic carbocycles. The zero-order valence-corrected chi connectivity index (χ0v) is 12.8. The molecule has 1 aliphatic heterocycles. The van der Waals surface area contributed by atoms with E-state index in [1.807, 2.05) is 0 Å². The molecule has 7 nitrogen and oxygen atoms in total. The van der Waals surface area contributed by atoms with Gasteiger partial charge in [0, 0.05) is 5.56 Å². The van der Waals surface area contributed by atoms with Gasteiger partial charge in [0.05, 0.1) is 11.3 Å². The van der Waals surface area contributed by atoms with Crippen LogP contribution < -0.4 is 11.2 Å². The molecule has 3 aromatic rings. The number of hydrogen-bond acceptors (Lipinski definition) is 5. The Morgan fingerprint density at radius 1 is 0.960 bits per heavy atom. The van der Waals surface area contributed by atoms with Crippen molar-refractivity contribution >= 4 is 5.97 Å². The van der Waals surface area contributed by atoms with Gasteiger partial charge in [-0.1, -0.05) is 36.4 Å². The number of aromatic nitrogens is 2. The lowest BCUT2D eigenvalue weighted by atomic mass is 10.0. The van der Waals surface area contributed by atoms with Crippen molar-refractivity contribution in [2.75, 3.05) is 0 Å². The SMILES string of the molecule is O=C1OC(c2c(O)n(-c3ccccc3)c(=O)[nH]c2=O)c2ccccc21. The zero-order chi connectivity index (χ0) is 17.6. The summed E-state index contributed by atoms with van der Waals surface area (Å²) in [5.74, 6) is -1.15. The molecule has 2 N–H and O–H groups in total. The maximum absolute atomic E-state index is 12.3. The molecule has 0 amide bonds. The van der Waals surface area contributed by atoms with Gasteiger partial charge in [-0.15, -0.1) is 0 Å². The highest BCUT2D eigenvalue weighted by molar-refractivity contribution is 5.94. The minimum Gasteiger partial charge on any atom is -0.494 e. The topological polar surface area (TPSA) is 101 Å². The van der Waals surface area contributed by atoms with Gasteiger partial charge in [-0.3, -0.25) is 9.78 Å². The zero-order valence-electron chi connectivity index (χ0n) is 12.8. The normalized spacial score (nSPS) is 15.7. The van der Waals surface area contributed by atoms with E-state index in [0.29, 0.717) is 16.8 Å². The number of ether oxygens (including phenoxy) is 1. The lowest BCUT2D eigenvalue weighted by Crippen LogP contribution is -2.32. The minimum atomic E-state index is -1.08. The van der Waals surface area contributed by atoms with Gasteiger partial charge in [-0.25, -0.2) is 14.2 Å². The molecule has 0 saturated heterocycles. The van der Waals surface area contributed by atoms with Crippen LogP contribution >= 0.6 is 0 Å². The van der Waals surface area contributed by atoms with Crippen LogP contribution in [0.5, 0.6) is 5.88 Å². The minimum absolute atomic E-state index is 0.193. The first-order valence-corrected chi connectivity index (χ1v) is 7.51. The summed E-state index contributed by atoms with van der Waals surface area (Å²) in [5, 5.41) is 10.6. The van der Waals surface area contributed by atoms with Gasteiger partial charge in [-0.2, -0.15) is 0 Å². The number of aromatic hydroxyl groups is 1. The Balaban J connectivity index is 1.98. The predicted octanol–water partition coefficient (Wildman–Crippen LogP) is 1.49. The number of aromatic amines is 1. The molecule has 1 aliphatic rings. The highest BCUT2D eigenvalue weighted by atomic mass is 16.5. The summed E-state index contributed by atoms with van der Waals surface area (Å²) in [6, 6.07) is 15.0. The molecule has 0 radical (unpaired) electrons. The van der Waals surface area contributed by atoms with Crippen LogP contribution in [0.4, 0.5) is 0 Å². The van der Waals surface area contributed by atoms with Crippen LogP contribution in [0.2, 0.25) is 0 Å². The Bertz CT molecular complexity index is 1100. The predicted molar refractivity (Wildman–Crippen MR) is 88.0 cm³/mol. The fourth-order valence-electron chi connectivity index (χ4n) is 2.95. The second-order valence-electron chi connectivity index (χ2n) is 5.54. The monoisotopic (exact) mass is 336 g/mol. The summed E-state index contributed by atoms with van der Waals surface area (Å²) in [7, 11) is 0. The number of hydrogen-bond donors (Lipinski definition) is 2. The van der Waals surface area contributed by atoms with Crippen LogP contribution in [0.25, 0.3) is 5.69 Å². The van der Waals surface area contributed by atoms with Gasteiger partial charge in [0.2, 0.25) is 5.88 Å². The standard InChI is InChI=1S/C18H12N2O5/c21-15-13(14-11-8-4-5-9-12(11)17(23)25-14)16(22)20(18(24)19-15)10-6-2-1-3-7-10/h1-9,14,22H,(H,19,21,24). The van der Waals surface area contributed by atoms with E-state index in [-0.39, 0.29) is 5.56 Å². The summed E-state index contributed by atoms with van der Waals surface area (Å²) < 4.78 is 6.24. The van der Waals surface area contributed by atoms with Crippen LogP contribution in [0.3, 0.4) is 0 Å². The number of para-hydroxylation sites is 1. The second kappa shape index (κ2) is 5.48. The second-order valence-corrected chi connectivity index (χ2v) is 5.54. The molecule has 0 bridgehead atoms.